The van der Waals surface area contributed by atoms with Crippen molar-refractivity contribution in [1.29, 1.82) is 0 Å². The predicted octanol–water partition coefficient (Wildman–Crippen LogP) is 3.28. The highest BCUT2D eigenvalue weighted by Crippen LogP contribution is 2.33. The number of hydrogen-bond acceptors (Lipinski definition) is 5. The van der Waals surface area contributed by atoms with Crippen LogP contribution in [0, 0.1) is 5.41 Å². The average Bonchev–Trinajstić information content (AvgIpc) is 2.93. The smallest absolute Gasteiger partial charge is 0.246 e. The van der Waals surface area contributed by atoms with E-state index in [4.69, 9.17) is 4.74 Å². The molecular formula is C31H42N4O4. The summed E-state index contributed by atoms with van der Waals surface area (Å²) in [6, 6.07) is 12.0. The van der Waals surface area contributed by atoms with E-state index < -0.39 is 23.5 Å². The number of carbonyl (C=O) groups is 3. The van der Waals surface area contributed by atoms with Gasteiger partial charge >= 0.3 is 0 Å². The van der Waals surface area contributed by atoms with E-state index in [1.165, 1.54) is 5.56 Å². The molecule has 0 radical (unpaired) electrons. The molecule has 0 bridgehead atoms. The quantitative estimate of drug-likeness (QED) is 0.506. The van der Waals surface area contributed by atoms with Crippen LogP contribution in [0.15, 0.2) is 42.5 Å². The number of hydrogen-bond donors (Lipinski definition) is 3. The van der Waals surface area contributed by atoms with Crippen LogP contribution in [0.4, 0.5) is 0 Å². The van der Waals surface area contributed by atoms with Crippen molar-refractivity contribution in [2.24, 2.45) is 5.41 Å². The number of methoxy groups -OCH3 is 1. The van der Waals surface area contributed by atoms with Crippen LogP contribution < -0.4 is 20.7 Å². The second-order valence-electron chi connectivity index (χ2n) is 11.8. The third kappa shape index (κ3) is 6.27. The lowest BCUT2D eigenvalue weighted by Gasteiger charge is -2.41. The highest BCUT2D eigenvalue weighted by atomic mass is 16.5. The normalized spacial score (nSPS) is 20.2. The van der Waals surface area contributed by atoms with Crippen molar-refractivity contribution in [1.82, 2.24) is 20.9 Å². The predicted molar refractivity (Wildman–Crippen MR) is 151 cm³/mol. The zero-order valence-electron chi connectivity index (χ0n) is 24.0. The van der Waals surface area contributed by atoms with Crippen molar-refractivity contribution in [3.8, 4) is 5.75 Å². The van der Waals surface area contributed by atoms with Crippen LogP contribution in [-0.2, 0) is 33.8 Å². The fourth-order valence-electron chi connectivity index (χ4n) is 5.54. The number of nitrogens with zero attached hydrogens (tertiary/aromatic N) is 1. The molecule has 3 amide bonds. The Hall–Kier alpha value is -3.39. The maximum atomic E-state index is 14.2. The molecule has 0 fully saturated rings. The molecule has 4 rings (SSSR count). The molecule has 0 saturated carbocycles. The first kappa shape index (κ1) is 28.6. The minimum absolute atomic E-state index is 0.0914. The Bertz CT molecular complexity index is 1220. The maximum absolute atomic E-state index is 14.2. The second kappa shape index (κ2) is 11.8. The second-order valence-corrected chi connectivity index (χ2v) is 11.8. The van der Waals surface area contributed by atoms with Gasteiger partial charge in [-0.15, -0.1) is 0 Å². The van der Waals surface area contributed by atoms with Crippen LogP contribution >= 0.6 is 0 Å². The van der Waals surface area contributed by atoms with E-state index in [1.807, 2.05) is 51.1 Å². The number of fused-ring (bicyclic) bond motifs is 2. The molecule has 4 atom stereocenters. The highest BCUT2D eigenvalue weighted by molar-refractivity contribution is 5.94. The number of rotatable bonds is 7. The van der Waals surface area contributed by atoms with E-state index >= 15 is 0 Å². The summed E-state index contributed by atoms with van der Waals surface area (Å²) in [6.07, 6.45) is 3.26. The molecule has 210 valence electrons. The Morgan fingerprint density at radius 1 is 1.05 bits per heavy atom. The molecule has 8 nitrogen and oxygen atoms in total. The SMILES string of the molecule is CN[C@@H](C)C(=O)N[C@H](C(=O)N1Cc2cc(OC)ccc2C[C@H]1C(=O)N[C@@H]1CCCc2ccccc21)C(C)(C)C. The third-order valence-electron chi connectivity index (χ3n) is 8.04. The van der Waals surface area contributed by atoms with Crippen molar-refractivity contribution in [2.75, 3.05) is 14.2 Å². The molecule has 1 aliphatic carbocycles. The van der Waals surface area contributed by atoms with Gasteiger partial charge in [-0.25, -0.2) is 0 Å². The lowest BCUT2D eigenvalue weighted by Crippen LogP contribution is -2.62. The van der Waals surface area contributed by atoms with E-state index in [0.29, 0.717) is 12.2 Å². The minimum atomic E-state index is -0.807. The molecule has 1 heterocycles. The summed E-state index contributed by atoms with van der Waals surface area (Å²) in [7, 11) is 3.32. The summed E-state index contributed by atoms with van der Waals surface area (Å²) in [4.78, 5) is 42.7. The van der Waals surface area contributed by atoms with Crippen LogP contribution in [-0.4, -0.2) is 54.9 Å². The minimum Gasteiger partial charge on any atom is -0.497 e. The van der Waals surface area contributed by atoms with Crippen molar-refractivity contribution < 1.29 is 19.1 Å². The topological polar surface area (TPSA) is 99.8 Å². The molecular weight excluding hydrogens is 492 g/mol. The number of aryl methyl sites for hydroxylation is 1. The Labute approximate surface area is 231 Å². The lowest BCUT2D eigenvalue weighted by atomic mass is 9.83. The summed E-state index contributed by atoms with van der Waals surface area (Å²) in [5, 5.41) is 9.16. The standard InChI is InChI=1S/C31H42N4O4/c1-19(32-5)28(36)34-27(31(2,3)4)30(38)35-18-22-16-23(39-6)15-14-21(22)17-26(35)29(37)33-25-13-9-11-20-10-7-8-12-24(20)25/h7-8,10,12,14-16,19,25-27,32H,9,11,13,17-18H2,1-6H3,(H,33,37)(H,34,36)/t19-,25+,26-,27+/m0/s1. The summed E-state index contributed by atoms with van der Waals surface area (Å²) in [5.41, 5.74) is 3.80. The van der Waals surface area contributed by atoms with Gasteiger partial charge in [-0.05, 0) is 73.0 Å². The van der Waals surface area contributed by atoms with Gasteiger partial charge in [-0.1, -0.05) is 51.1 Å². The molecule has 3 N–H and O–H groups in total. The summed E-state index contributed by atoms with van der Waals surface area (Å²) in [6.45, 7) is 7.79. The number of nitrogens with one attached hydrogen (secondary N) is 3. The van der Waals surface area contributed by atoms with Crippen molar-refractivity contribution in [2.45, 2.75) is 84.1 Å². The molecule has 2 aromatic rings. The van der Waals surface area contributed by atoms with Crippen LogP contribution in [0.2, 0.25) is 0 Å². The largest absolute Gasteiger partial charge is 0.497 e. The van der Waals surface area contributed by atoms with E-state index in [-0.39, 0.29) is 30.3 Å². The maximum Gasteiger partial charge on any atom is 0.246 e. The van der Waals surface area contributed by atoms with Gasteiger partial charge in [-0.2, -0.15) is 0 Å². The Balaban J connectivity index is 1.66. The van der Waals surface area contributed by atoms with Crippen LogP contribution in [0.1, 0.15) is 68.8 Å². The van der Waals surface area contributed by atoms with E-state index in [2.05, 4.69) is 28.1 Å². The Kier molecular flexibility index (Phi) is 8.64. The number of amides is 3. The van der Waals surface area contributed by atoms with Crippen LogP contribution in [0.3, 0.4) is 0 Å². The molecule has 0 saturated heterocycles. The number of likely N-dealkylation sites (N-methyl/N-ethyl adjacent to an activating group) is 1. The van der Waals surface area contributed by atoms with E-state index in [9.17, 15) is 14.4 Å². The third-order valence-corrected chi connectivity index (χ3v) is 8.04. The number of carbonyl (C=O) groups excluding carboxylic acids is 3. The Morgan fingerprint density at radius 2 is 1.79 bits per heavy atom. The number of benzene rings is 2. The molecule has 0 unspecified atom stereocenters. The monoisotopic (exact) mass is 534 g/mol. The summed E-state index contributed by atoms with van der Waals surface area (Å²) >= 11 is 0. The molecule has 0 aromatic heterocycles. The van der Waals surface area contributed by atoms with E-state index in [0.717, 1.165) is 36.0 Å². The molecule has 2 aromatic carbocycles. The molecule has 1 aliphatic heterocycles. The first-order chi connectivity index (χ1) is 18.5. The highest BCUT2D eigenvalue weighted by Gasteiger charge is 2.43. The van der Waals surface area contributed by atoms with Gasteiger partial charge in [-0.3, -0.25) is 14.4 Å². The molecule has 39 heavy (non-hydrogen) atoms. The van der Waals surface area contributed by atoms with Crippen molar-refractivity contribution in [3.63, 3.8) is 0 Å². The first-order valence-corrected chi connectivity index (χ1v) is 13.9. The van der Waals surface area contributed by atoms with Gasteiger partial charge in [0.25, 0.3) is 0 Å². The van der Waals surface area contributed by atoms with E-state index in [1.54, 1.807) is 26.0 Å². The van der Waals surface area contributed by atoms with Crippen molar-refractivity contribution in [3.05, 3.63) is 64.7 Å². The summed E-state index contributed by atoms with van der Waals surface area (Å²) < 4.78 is 5.43. The van der Waals surface area contributed by atoms with Gasteiger partial charge < -0.3 is 25.6 Å². The number of ether oxygens (including phenoxy) is 1. The van der Waals surface area contributed by atoms with Gasteiger partial charge in [0.2, 0.25) is 17.7 Å². The van der Waals surface area contributed by atoms with Gasteiger partial charge in [0.05, 0.1) is 19.2 Å². The Morgan fingerprint density at radius 3 is 2.49 bits per heavy atom. The average molecular weight is 535 g/mol. The zero-order chi connectivity index (χ0) is 28.3. The van der Waals surface area contributed by atoms with Gasteiger partial charge in [0.1, 0.15) is 17.8 Å². The molecule has 2 aliphatic rings. The first-order valence-electron chi connectivity index (χ1n) is 13.9. The zero-order valence-corrected chi connectivity index (χ0v) is 24.0. The van der Waals surface area contributed by atoms with Crippen molar-refractivity contribution >= 4 is 17.7 Å². The molecule has 8 heteroatoms. The fourth-order valence-corrected chi connectivity index (χ4v) is 5.54. The van der Waals surface area contributed by atoms with Gasteiger partial charge in [0, 0.05) is 13.0 Å². The summed E-state index contributed by atoms with van der Waals surface area (Å²) in [5.74, 6) is 0.00182. The van der Waals surface area contributed by atoms with Gasteiger partial charge in [0.15, 0.2) is 0 Å². The van der Waals surface area contributed by atoms with Crippen LogP contribution in [0.5, 0.6) is 5.75 Å². The van der Waals surface area contributed by atoms with Crippen LogP contribution in [0.25, 0.3) is 0 Å². The molecule has 0 spiro atoms. The fraction of sp³-hybridized carbons (Fsp3) is 0.516. The lowest BCUT2D eigenvalue weighted by molar-refractivity contribution is -0.147.